The smallest absolute Gasteiger partial charge is 0.173 e. The van der Waals surface area contributed by atoms with E-state index in [0.29, 0.717) is 18.7 Å². The van der Waals surface area contributed by atoms with E-state index in [-0.39, 0.29) is 0 Å². The van der Waals surface area contributed by atoms with Gasteiger partial charge in [-0.15, -0.1) is 12.3 Å². The molecule has 2 rings (SSSR count). The summed E-state index contributed by atoms with van der Waals surface area (Å²) in [5.41, 5.74) is 6.78. The Balaban J connectivity index is 1.99. The molecule has 0 aromatic heterocycles. The maximum absolute atomic E-state index is 5.18. The molecular formula is C12H12N4. The second kappa shape index (κ2) is 4.99. The van der Waals surface area contributed by atoms with Gasteiger partial charge in [0.15, 0.2) is 5.84 Å². The first-order chi connectivity index (χ1) is 7.90. The molecule has 80 valence electrons. The molecule has 0 atom stereocenters. The van der Waals surface area contributed by atoms with E-state index in [2.05, 4.69) is 27.0 Å². The van der Waals surface area contributed by atoms with Gasteiger partial charge in [-0.05, 0) is 0 Å². The molecule has 0 saturated heterocycles. The third-order valence-corrected chi connectivity index (χ3v) is 2.15. The summed E-state index contributed by atoms with van der Waals surface area (Å²) in [5, 5.41) is 8.34. The van der Waals surface area contributed by atoms with Crippen molar-refractivity contribution >= 4 is 11.7 Å². The van der Waals surface area contributed by atoms with Gasteiger partial charge in [-0.1, -0.05) is 30.3 Å². The zero-order valence-electron chi connectivity index (χ0n) is 8.77. The first-order valence-corrected chi connectivity index (χ1v) is 5.05. The van der Waals surface area contributed by atoms with E-state index in [1.54, 1.807) is 0 Å². The Hall–Kier alpha value is -2.28. The van der Waals surface area contributed by atoms with Crippen molar-refractivity contribution in [1.82, 2.24) is 10.9 Å². The molecule has 1 aromatic rings. The summed E-state index contributed by atoms with van der Waals surface area (Å²) < 4.78 is 0. The van der Waals surface area contributed by atoms with Crippen LogP contribution in [0.5, 0.6) is 0 Å². The quantitative estimate of drug-likeness (QED) is 0.741. The van der Waals surface area contributed by atoms with Crippen LogP contribution in [0.4, 0.5) is 0 Å². The number of benzene rings is 1. The standard InChI is InChI=1S/C12H12N4/c1-2-3-9-11-13-15-12(16-14-11)10-7-5-4-6-8-10/h1,4-8H,3,9H2,(H,13,14)(H,15,16). The second-order valence-electron chi connectivity index (χ2n) is 3.31. The Bertz CT molecular complexity index is 454. The monoisotopic (exact) mass is 212 g/mol. The minimum Gasteiger partial charge on any atom is -0.261 e. The van der Waals surface area contributed by atoms with Gasteiger partial charge in [-0.25, -0.2) is 0 Å². The van der Waals surface area contributed by atoms with Crippen LogP contribution >= 0.6 is 0 Å². The third kappa shape index (κ3) is 2.39. The Labute approximate surface area is 94.4 Å². The van der Waals surface area contributed by atoms with E-state index >= 15 is 0 Å². The van der Waals surface area contributed by atoms with E-state index in [9.17, 15) is 0 Å². The van der Waals surface area contributed by atoms with E-state index in [1.165, 1.54) is 0 Å². The van der Waals surface area contributed by atoms with Crippen molar-refractivity contribution in [1.29, 1.82) is 0 Å². The Morgan fingerprint density at radius 2 is 1.94 bits per heavy atom. The van der Waals surface area contributed by atoms with Gasteiger partial charge in [0.05, 0.1) is 0 Å². The average Bonchev–Trinajstić information content (AvgIpc) is 2.38. The van der Waals surface area contributed by atoms with Crippen LogP contribution in [0, 0.1) is 12.3 Å². The number of hydrogen-bond donors (Lipinski definition) is 2. The molecule has 1 heterocycles. The molecule has 4 nitrogen and oxygen atoms in total. The lowest BCUT2D eigenvalue weighted by Gasteiger charge is -2.14. The van der Waals surface area contributed by atoms with E-state index < -0.39 is 0 Å². The number of rotatable bonds is 3. The van der Waals surface area contributed by atoms with Crippen molar-refractivity contribution in [2.24, 2.45) is 10.2 Å². The summed E-state index contributed by atoms with van der Waals surface area (Å²) in [6, 6.07) is 9.81. The van der Waals surface area contributed by atoms with Gasteiger partial charge in [0, 0.05) is 18.4 Å². The van der Waals surface area contributed by atoms with Crippen LogP contribution < -0.4 is 10.9 Å². The fourth-order valence-corrected chi connectivity index (χ4v) is 1.32. The minimum atomic E-state index is 0.656. The van der Waals surface area contributed by atoms with Gasteiger partial charge >= 0.3 is 0 Å². The highest BCUT2D eigenvalue weighted by Crippen LogP contribution is 2.01. The van der Waals surface area contributed by atoms with Gasteiger partial charge in [0.1, 0.15) is 5.84 Å². The van der Waals surface area contributed by atoms with Crippen molar-refractivity contribution in [3.63, 3.8) is 0 Å². The molecule has 0 saturated carbocycles. The lowest BCUT2D eigenvalue weighted by molar-refractivity contribution is 0.846. The summed E-state index contributed by atoms with van der Waals surface area (Å²) in [7, 11) is 0. The summed E-state index contributed by atoms with van der Waals surface area (Å²) in [5.74, 6) is 4.04. The van der Waals surface area contributed by atoms with Gasteiger partial charge in [-0.3, -0.25) is 10.9 Å². The van der Waals surface area contributed by atoms with Crippen LogP contribution in [0.1, 0.15) is 18.4 Å². The molecule has 0 amide bonds. The number of hydrazone groups is 2. The lowest BCUT2D eigenvalue weighted by atomic mass is 10.2. The molecule has 1 aromatic carbocycles. The summed E-state index contributed by atoms with van der Waals surface area (Å²) in [4.78, 5) is 0. The molecule has 0 fully saturated rings. The van der Waals surface area contributed by atoms with Crippen molar-refractivity contribution in [2.75, 3.05) is 0 Å². The molecule has 1 aliphatic heterocycles. The van der Waals surface area contributed by atoms with Crippen LogP contribution in [-0.2, 0) is 0 Å². The topological polar surface area (TPSA) is 48.8 Å². The largest absolute Gasteiger partial charge is 0.261 e. The van der Waals surface area contributed by atoms with Crippen LogP contribution in [-0.4, -0.2) is 11.7 Å². The Morgan fingerprint density at radius 3 is 2.56 bits per heavy atom. The van der Waals surface area contributed by atoms with Crippen molar-refractivity contribution < 1.29 is 0 Å². The van der Waals surface area contributed by atoms with Crippen LogP contribution in [0.25, 0.3) is 0 Å². The van der Waals surface area contributed by atoms with Crippen molar-refractivity contribution in [2.45, 2.75) is 12.8 Å². The lowest BCUT2D eigenvalue weighted by Crippen LogP contribution is -2.33. The minimum absolute atomic E-state index is 0.656. The molecule has 0 spiro atoms. The highest BCUT2D eigenvalue weighted by Gasteiger charge is 2.08. The number of nitrogens with one attached hydrogen (secondary N) is 2. The van der Waals surface area contributed by atoms with Gasteiger partial charge in [-0.2, -0.15) is 10.2 Å². The number of nitrogens with zero attached hydrogens (tertiary/aromatic N) is 2. The number of amidine groups is 2. The normalized spacial score (nSPS) is 13.9. The van der Waals surface area contributed by atoms with Gasteiger partial charge < -0.3 is 0 Å². The predicted octanol–water partition coefficient (Wildman–Crippen LogP) is 1.27. The molecule has 0 aliphatic carbocycles. The highest BCUT2D eigenvalue weighted by molar-refractivity contribution is 6.01. The first kappa shape index (κ1) is 10.2. The van der Waals surface area contributed by atoms with E-state index in [0.717, 1.165) is 11.4 Å². The summed E-state index contributed by atoms with van der Waals surface area (Å²) >= 11 is 0. The Kier molecular flexibility index (Phi) is 3.19. The third-order valence-electron chi connectivity index (χ3n) is 2.15. The summed E-state index contributed by atoms with van der Waals surface area (Å²) in [6.45, 7) is 0. The zero-order valence-corrected chi connectivity index (χ0v) is 8.77. The van der Waals surface area contributed by atoms with Crippen LogP contribution in [0.2, 0.25) is 0 Å². The molecule has 4 heteroatoms. The number of terminal acetylenes is 1. The van der Waals surface area contributed by atoms with Crippen LogP contribution in [0.3, 0.4) is 0 Å². The maximum atomic E-state index is 5.18. The predicted molar refractivity (Wildman–Crippen MR) is 64.8 cm³/mol. The number of hydrogen-bond acceptors (Lipinski definition) is 4. The summed E-state index contributed by atoms with van der Waals surface area (Å²) in [6.07, 6.45) is 6.53. The molecule has 16 heavy (non-hydrogen) atoms. The molecule has 1 aliphatic rings. The Morgan fingerprint density at radius 1 is 1.12 bits per heavy atom. The molecule has 0 unspecified atom stereocenters. The highest BCUT2D eigenvalue weighted by atomic mass is 15.5. The average molecular weight is 212 g/mol. The zero-order chi connectivity index (χ0) is 11.2. The van der Waals surface area contributed by atoms with Crippen molar-refractivity contribution in [3.8, 4) is 12.3 Å². The molecule has 0 radical (unpaired) electrons. The molecular weight excluding hydrogens is 200 g/mol. The van der Waals surface area contributed by atoms with Crippen LogP contribution in [0.15, 0.2) is 40.5 Å². The first-order valence-electron chi connectivity index (χ1n) is 5.05. The van der Waals surface area contributed by atoms with Gasteiger partial charge in [0.25, 0.3) is 0 Å². The fraction of sp³-hybridized carbons (Fsp3) is 0.167. The second-order valence-corrected chi connectivity index (χ2v) is 3.31. The van der Waals surface area contributed by atoms with E-state index in [4.69, 9.17) is 6.42 Å². The fourth-order valence-electron chi connectivity index (χ4n) is 1.32. The van der Waals surface area contributed by atoms with Gasteiger partial charge in [0.2, 0.25) is 0 Å². The molecule has 2 N–H and O–H groups in total. The van der Waals surface area contributed by atoms with E-state index in [1.807, 2.05) is 30.3 Å². The van der Waals surface area contributed by atoms with Crippen molar-refractivity contribution in [3.05, 3.63) is 35.9 Å². The SMILES string of the molecule is C#CCCC1=NNC(c2ccccc2)=NN1. The maximum Gasteiger partial charge on any atom is 0.173 e. The molecule has 0 bridgehead atoms.